The molecule has 1 aliphatic rings. The lowest BCUT2D eigenvalue weighted by molar-refractivity contribution is 0.0830. The van der Waals surface area contributed by atoms with Crippen LogP contribution in [0.15, 0.2) is 0 Å². The molecule has 0 atom stereocenters. The molecule has 0 aliphatic heterocycles. The monoisotopic (exact) mass is 179 g/mol. The fourth-order valence-electron chi connectivity index (χ4n) is 1.39. The first-order valence-electron chi connectivity index (χ1n) is 3.70. The number of primary sulfonamides is 1. The Hall–Kier alpha value is -0.130. The van der Waals surface area contributed by atoms with E-state index in [9.17, 15) is 13.5 Å². The van der Waals surface area contributed by atoms with Crippen LogP contribution in [0.3, 0.4) is 0 Å². The first-order chi connectivity index (χ1) is 4.96. The lowest BCUT2D eigenvalue weighted by atomic mass is 9.97. The van der Waals surface area contributed by atoms with Crippen molar-refractivity contribution in [2.24, 2.45) is 5.14 Å². The summed E-state index contributed by atoms with van der Waals surface area (Å²) in [5, 5.41) is 14.4. The van der Waals surface area contributed by atoms with Gasteiger partial charge in [-0.15, -0.1) is 0 Å². The van der Waals surface area contributed by atoms with E-state index in [0.717, 1.165) is 19.3 Å². The highest BCUT2D eigenvalue weighted by molar-refractivity contribution is 7.90. The second-order valence-electron chi connectivity index (χ2n) is 3.05. The average molecular weight is 179 g/mol. The zero-order valence-electron chi connectivity index (χ0n) is 6.28. The summed E-state index contributed by atoms with van der Waals surface area (Å²) < 4.78 is 21.7. The molecule has 0 saturated heterocycles. The molecule has 3 N–H and O–H groups in total. The van der Waals surface area contributed by atoms with Crippen LogP contribution in [0.25, 0.3) is 0 Å². The van der Waals surface area contributed by atoms with Gasteiger partial charge >= 0.3 is 0 Å². The minimum Gasteiger partial charge on any atom is -0.373 e. The van der Waals surface area contributed by atoms with E-state index >= 15 is 0 Å². The number of hydrogen-bond acceptors (Lipinski definition) is 3. The SMILES string of the molecule is NS(=O)(=O)C1(O)CCCCC1. The van der Waals surface area contributed by atoms with Gasteiger partial charge < -0.3 is 5.11 Å². The van der Waals surface area contributed by atoms with Crippen LogP contribution < -0.4 is 5.14 Å². The number of aliphatic hydroxyl groups is 1. The summed E-state index contributed by atoms with van der Waals surface area (Å²) in [6.07, 6.45) is 3.04. The summed E-state index contributed by atoms with van der Waals surface area (Å²) >= 11 is 0. The molecular formula is C6H13NO3S. The summed E-state index contributed by atoms with van der Waals surface area (Å²) in [7, 11) is -3.77. The Balaban J connectivity index is 2.81. The molecule has 1 aliphatic carbocycles. The maximum atomic E-state index is 10.8. The van der Waals surface area contributed by atoms with E-state index in [4.69, 9.17) is 5.14 Å². The summed E-state index contributed by atoms with van der Waals surface area (Å²) in [6, 6.07) is 0. The van der Waals surface area contributed by atoms with E-state index in [1.165, 1.54) is 0 Å². The molecular weight excluding hydrogens is 166 g/mol. The van der Waals surface area contributed by atoms with E-state index in [1.54, 1.807) is 0 Å². The Labute approximate surface area is 66.5 Å². The molecule has 0 radical (unpaired) electrons. The molecule has 0 heterocycles. The molecule has 0 aromatic carbocycles. The lowest BCUT2D eigenvalue weighted by Gasteiger charge is -2.29. The van der Waals surface area contributed by atoms with Crippen LogP contribution in [0, 0.1) is 0 Å². The Morgan fingerprint density at radius 3 is 1.91 bits per heavy atom. The third-order valence-corrected chi connectivity index (χ3v) is 3.63. The van der Waals surface area contributed by atoms with E-state index in [0.29, 0.717) is 0 Å². The second kappa shape index (κ2) is 2.73. The molecule has 0 amide bonds. The molecule has 0 aromatic heterocycles. The van der Waals surface area contributed by atoms with Gasteiger partial charge in [0.2, 0.25) is 10.0 Å². The van der Waals surface area contributed by atoms with Gasteiger partial charge in [-0.1, -0.05) is 6.42 Å². The van der Waals surface area contributed by atoms with Gasteiger partial charge in [-0.3, -0.25) is 0 Å². The predicted octanol–water partition coefficient (Wildman–Crippen LogP) is -0.0724. The highest BCUT2D eigenvalue weighted by Crippen LogP contribution is 2.30. The molecule has 66 valence electrons. The van der Waals surface area contributed by atoms with Crippen molar-refractivity contribution in [2.75, 3.05) is 0 Å². The fraction of sp³-hybridized carbons (Fsp3) is 1.00. The van der Waals surface area contributed by atoms with Gasteiger partial charge in [-0.25, -0.2) is 13.6 Å². The van der Waals surface area contributed by atoms with Crippen molar-refractivity contribution in [3.05, 3.63) is 0 Å². The molecule has 11 heavy (non-hydrogen) atoms. The minimum absolute atomic E-state index is 0.284. The van der Waals surface area contributed by atoms with Crippen molar-refractivity contribution in [3.8, 4) is 0 Å². The second-order valence-corrected chi connectivity index (χ2v) is 4.90. The number of rotatable bonds is 1. The van der Waals surface area contributed by atoms with Gasteiger partial charge in [0.05, 0.1) is 0 Å². The summed E-state index contributed by atoms with van der Waals surface area (Å²) in [5.41, 5.74) is 0. The predicted molar refractivity (Wildman–Crippen MR) is 41.1 cm³/mol. The topological polar surface area (TPSA) is 80.4 Å². The van der Waals surface area contributed by atoms with Crippen molar-refractivity contribution in [1.82, 2.24) is 0 Å². The lowest BCUT2D eigenvalue weighted by Crippen LogP contribution is -2.44. The van der Waals surface area contributed by atoms with Crippen LogP contribution in [-0.4, -0.2) is 18.5 Å². The van der Waals surface area contributed by atoms with Crippen LogP contribution >= 0.6 is 0 Å². The summed E-state index contributed by atoms with van der Waals surface area (Å²) in [6.45, 7) is 0. The van der Waals surface area contributed by atoms with Gasteiger partial charge in [0.25, 0.3) is 0 Å². The molecule has 5 heteroatoms. The van der Waals surface area contributed by atoms with E-state index in [2.05, 4.69) is 0 Å². The van der Waals surface area contributed by atoms with Gasteiger partial charge in [0.1, 0.15) is 0 Å². The standard InChI is InChI=1S/C6H13NO3S/c7-11(9,10)6(8)4-2-1-3-5-6/h8H,1-5H2,(H2,7,9,10). The highest BCUT2D eigenvalue weighted by Gasteiger charge is 2.39. The third-order valence-electron chi connectivity index (χ3n) is 2.16. The number of hydrogen-bond donors (Lipinski definition) is 2. The highest BCUT2D eigenvalue weighted by atomic mass is 32.2. The largest absolute Gasteiger partial charge is 0.373 e. The Bertz CT molecular complexity index is 228. The Morgan fingerprint density at radius 2 is 1.64 bits per heavy atom. The first-order valence-corrected chi connectivity index (χ1v) is 5.25. The third kappa shape index (κ3) is 1.72. The molecule has 0 bridgehead atoms. The van der Waals surface area contributed by atoms with Crippen molar-refractivity contribution < 1.29 is 13.5 Å². The van der Waals surface area contributed by atoms with Gasteiger partial charge in [0.15, 0.2) is 4.93 Å². The Morgan fingerprint density at radius 1 is 1.18 bits per heavy atom. The van der Waals surface area contributed by atoms with Crippen LogP contribution in [0.2, 0.25) is 0 Å². The summed E-state index contributed by atoms with van der Waals surface area (Å²) in [5.74, 6) is 0. The molecule has 1 saturated carbocycles. The zero-order chi connectivity index (χ0) is 8.54. The molecule has 1 fully saturated rings. The molecule has 0 spiro atoms. The van der Waals surface area contributed by atoms with Crippen LogP contribution in [-0.2, 0) is 10.0 Å². The van der Waals surface area contributed by atoms with Gasteiger partial charge in [-0.2, -0.15) is 0 Å². The Kier molecular flexibility index (Phi) is 2.22. The zero-order valence-corrected chi connectivity index (χ0v) is 7.10. The van der Waals surface area contributed by atoms with Gasteiger partial charge in [0, 0.05) is 0 Å². The average Bonchev–Trinajstić information content (AvgIpc) is 1.87. The maximum absolute atomic E-state index is 10.8. The van der Waals surface area contributed by atoms with Gasteiger partial charge in [-0.05, 0) is 25.7 Å². The maximum Gasteiger partial charge on any atom is 0.238 e. The van der Waals surface area contributed by atoms with Crippen molar-refractivity contribution in [2.45, 2.75) is 37.0 Å². The van der Waals surface area contributed by atoms with Crippen LogP contribution in [0.4, 0.5) is 0 Å². The smallest absolute Gasteiger partial charge is 0.238 e. The van der Waals surface area contributed by atoms with Crippen LogP contribution in [0.5, 0.6) is 0 Å². The van der Waals surface area contributed by atoms with Crippen LogP contribution in [0.1, 0.15) is 32.1 Å². The minimum atomic E-state index is -3.77. The summed E-state index contributed by atoms with van der Waals surface area (Å²) in [4.78, 5) is -1.63. The van der Waals surface area contributed by atoms with E-state index in [-0.39, 0.29) is 12.8 Å². The van der Waals surface area contributed by atoms with E-state index < -0.39 is 15.0 Å². The van der Waals surface area contributed by atoms with Crippen molar-refractivity contribution in [3.63, 3.8) is 0 Å². The number of nitrogens with two attached hydrogens (primary N) is 1. The van der Waals surface area contributed by atoms with Crippen molar-refractivity contribution >= 4 is 10.0 Å². The molecule has 0 aromatic rings. The molecule has 0 unspecified atom stereocenters. The molecule has 4 nitrogen and oxygen atoms in total. The molecule has 1 rings (SSSR count). The first kappa shape index (κ1) is 8.96. The quantitative estimate of drug-likeness (QED) is 0.591. The van der Waals surface area contributed by atoms with E-state index in [1.807, 2.05) is 0 Å². The normalized spacial score (nSPS) is 24.9. The van der Waals surface area contributed by atoms with Crippen molar-refractivity contribution in [1.29, 1.82) is 0 Å². The number of sulfonamides is 1. The fourth-order valence-corrected chi connectivity index (χ4v) is 2.25.